The van der Waals surface area contributed by atoms with Crippen LogP contribution < -0.4 is 15.5 Å². The molecule has 0 unspecified atom stereocenters. The second-order valence-electron chi connectivity index (χ2n) is 6.10. The van der Waals surface area contributed by atoms with Gasteiger partial charge >= 0.3 is 0 Å². The second-order valence-corrected chi connectivity index (χ2v) is 7.01. The van der Waals surface area contributed by atoms with Gasteiger partial charge in [-0.1, -0.05) is 52.3 Å². The van der Waals surface area contributed by atoms with Crippen molar-refractivity contribution in [3.05, 3.63) is 88.9 Å². The number of hydrazone groups is 1. The van der Waals surface area contributed by atoms with Crippen LogP contribution in [0.25, 0.3) is 0 Å². The standard InChI is InChI=1S/C22H20BrN3O2/c1-16(25-19-9-6-8-18(23)14-19)22(27)26-24-15-17-7-5-12-21(13-17)28-20-10-3-2-4-11-20/h2-16,25H,1H3,(H,26,27)/b24-15-/t16-/m0/s1. The van der Waals surface area contributed by atoms with Gasteiger partial charge < -0.3 is 10.1 Å². The van der Waals surface area contributed by atoms with Crippen LogP contribution in [0.2, 0.25) is 0 Å². The van der Waals surface area contributed by atoms with Crippen LogP contribution in [0.4, 0.5) is 5.69 Å². The van der Waals surface area contributed by atoms with Crippen molar-refractivity contribution in [1.82, 2.24) is 5.43 Å². The number of ether oxygens (including phenoxy) is 1. The predicted octanol–water partition coefficient (Wildman–Crippen LogP) is 5.19. The van der Waals surface area contributed by atoms with Gasteiger partial charge in [0.25, 0.3) is 5.91 Å². The molecule has 0 aliphatic rings. The van der Waals surface area contributed by atoms with E-state index < -0.39 is 6.04 Å². The molecule has 3 aromatic rings. The van der Waals surface area contributed by atoms with Crippen molar-refractivity contribution in [1.29, 1.82) is 0 Å². The van der Waals surface area contributed by atoms with Crippen molar-refractivity contribution in [3.8, 4) is 11.5 Å². The van der Waals surface area contributed by atoms with E-state index in [9.17, 15) is 4.79 Å². The molecular formula is C22H20BrN3O2. The summed E-state index contributed by atoms with van der Waals surface area (Å²) in [5.41, 5.74) is 4.22. The number of hydrogen-bond acceptors (Lipinski definition) is 4. The number of rotatable bonds is 7. The fourth-order valence-corrected chi connectivity index (χ4v) is 2.84. The van der Waals surface area contributed by atoms with Crippen LogP contribution in [-0.4, -0.2) is 18.2 Å². The van der Waals surface area contributed by atoms with E-state index in [0.29, 0.717) is 5.75 Å². The zero-order valence-corrected chi connectivity index (χ0v) is 16.9. The van der Waals surface area contributed by atoms with Crippen LogP contribution in [0.1, 0.15) is 12.5 Å². The Hall–Kier alpha value is -3.12. The van der Waals surface area contributed by atoms with Gasteiger partial charge in [-0.3, -0.25) is 4.79 Å². The molecule has 0 aliphatic heterocycles. The van der Waals surface area contributed by atoms with Gasteiger partial charge in [-0.05, 0) is 55.0 Å². The Labute approximate surface area is 172 Å². The highest BCUT2D eigenvalue weighted by atomic mass is 79.9. The summed E-state index contributed by atoms with van der Waals surface area (Å²) in [6.07, 6.45) is 1.58. The highest BCUT2D eigenvalue weighted by molar-refractivity contribution is 9.10. The normalized spacial score (nSPS) is 11.8. The number of nitrogens with zero attached hydrogens (tertiary/aromatic N) is 1. The topological polar surface area (TPSA) is 62.7 Å². The number of benzene rings is 3. The van der Waals surface area contributed by atoms with Crippen LogP contribution in [0.3, 0.4) is 0 Å². The lowest BCUT2D eigenvalue weighted by molar-refractivity contribution is -0.121. The number of amides is 1. The maximum atomic E-state index is 12.2. The Bertz CT molecular complexity index is 961. The summed E-state index contributed by atoms with van der Waals surface area (Å²) in [4.78, 5) is 12.2. The van der Waals surface area contributed by atoms with E-state index in [0.717, 1.165) is 21.5 Å². The van der Waals surface area contributed by atoms with Gasteiger partial charge in [-0.15, -0.1) is 0 Å². The van der Waals surface area contributed by atoms with Crippen LogP contribution in [0.5, 0.6) is 11.5 Å². The zero-order chi connectivity index (χ0) is 19.8. The summed E-state index contributed by atoms with van der Waals surface area (Å²) in [5.74, 6) is 1.23. The molecule has 0 spiro atoms. The van der Waals surface area contributed by atoms with Crippen LogP contribution in [0, 0.1) is 0 Å². The number of anilines is 1. The molecule has 142 valence electrons. The van der Waals surface area contributed by atoms with E-state index in [-0.39, 0.29) is 5.91 Å². The molecule has 0 heterocycles. The number of carbonyl (C=O) groups is 1. The summed E-state index contributed by atoms with van der Waals surface area (Å²) in [5, 5.41) is 7.17. The van der Waals surface area contributed by atoms with Crippen molar-refractivity contribution in [2.75, 3.05) is 5.32 Å². The third-order valence-electron chi connectivity index (χ3n) is 3.83. The molecule has 0 aromatic heterocycles. The molecule has 3 rings (SSSR count). The van der Waals surface area contributed by atoms with E-state index in [1.807, 2.05) is 78.9 Å². The lowest BCUT2D eigenvalue weighted by Crippen LogP contribution is -2.34. The summed E-state index contributed by atoms with van der Waals surface area (Å²) in [7, 11) is 0. The Kier molecular flexibility index (Phi) is 6.81. The van der Waals surface area contributed by atoms with Crippen LogP contribution in [0.15, 0.2) is 88.4 Å². The Balaban J connectivity index is 1.55. The van der Waals surface area contributed by atoms with Crippen molar-refractivity contribution in [2.45, 2.75) is 13.0 Å². The molecule has 1 atom stereocenters. The summed E-state index contributed by atoms with van der Waals surface area (Å²) in [6, 6.07) is 24.2. The predicted molar refractivity (Wildman–Crippen MR) is 116 cm³/mol. The number of hydrogen-bond donors (Lipinski definition) is 2. The molecular weight excluding hydrogens is 418 g/mol. The average molecular weight is 438 g/mol. The lowest BCUT2D eigenvalue weighted by Gasteiger charge is -2.13. The molecule has 1 amide bonds. The first kappa shape index (κ1) is 19.6. The van der Waals surface area contributed by atoms with Gasteiger partial charge in [0, 0.05) is 10.2 Å². The smallest absolute Gasteiger partial charge is 0.262 e. The van der Waals surface area contributed by atoms with Crippen LogP contribution >= 0.6 is 15.9 Å². The van der Waals surface area contributed by atoms with Crippen molar-refractivity contribution >= 4 is 33.7 Å². The van der Waals surface area contributed by atoms with Crippen LogP contribution in [-0.2, 0) is 4.79 Å². The highest BCUT2D eigenvalue weighted by Crippen LogP contribution is 2.21. The van der Waals surface area contributed by atoms with Gasteiger partial charge in [0.05, 0.1) is 6.21 Å². The second kappa shape index (κ2) is 9.71. The highest BCUT2D eigenvalue weighted by Gasteiger charge is 2.11. The molecule has 0 saturated heterocycles. The Morgan fingerprint density at radius 2 is 1.75 bits per heavy atom. The van der Waals surface area contributed by atoms with Gasteiger partial charge in [0.15, 0.2) is 0 Å². The molecule has 6 heteroatoms. The largest absolute Gasteiger partial charge is 0.457 e. The first-order valence-corrected chi connectivity index (χ1v) is 9.57. The van der Waals surface area contributed by atoms with E-state index >= 15 is 0 Å². The average Bonchev–Trinajstić information content (AvgIpc) is 2.69. The zero-order valence-electron chi connectivity index (χ0n) is 15.3. The molecule has 5 nitrogen and oxygen atoms in total. The van der Waals surface area contributed by atoms with E-state index in [1.54, 1.807) is 13.1 Å². The fraction of sp³-hybridized carbons (Fsp3) is 0.0909. The minimum absolute atomic E-state index is 0.229. The van der Waals surface area contributed by atoms with Gasteiger partial charge in [-0.25, -0.2) is 5.43 Å². The van der Waals surface area contributed by atoms with Gasteiger partial charge in [-0.2, -0.15) is 5.10 Å². The van der Waals surface area contributed by atoms with Crippen molar-refractivity contribution in [2.24, 2.45) is 5.10 Å². The van der Waals surface area contributed by atoms with Gasteiger partial charge in [0.2, 0.25) is 0 Å². The van der Waals surface area contributed by atoms with Crippen molar-refractivity contribution in [3.63, 3.8) is 0 Å². The molecule has 0 fully saturated rings. The number of para-hydroxylation sites is 1. The molecule has 0 radical (unpaired) electrons. The maximum Gasteiger partial charge on any atom is 0.262 e. The number of carbonyl (C=O) groups excluding carboxylic acids is 1. The quantitative estimate of drug-likeness (QED) is 0.394. The molecule has 3 aromatic carbocycles. The lowest BCUT2D eigenvalue weighted by atomic mass is 10.2. The molecule has 0 bridgehead atoms. The molecule has 28 heavy (non-hydrogen) atoms. The molecule has 0 aliphatic carbocycles. The van der Waals surface area contributed by atoms with E-state index in [1.165, 1.54) is 0 Å². The number of halogens is 1. The molecule has 0 saturated carbocycles. The Morgan fingerprint density at radius 3 is 2.54 bits per heavy atom. The fourth-order valence-electron chi connectivity index (χ4n) is 2.44. The summed E-state index contributed by atoms with van der Waals surface area (Å²) >= 11 is 3.41. The Morgan fingerprint density at radius 1 is 1.00 bits per heavy atom. The minimum atomic E-state index is -0.431. The monoisotopic (exact) mass is 437 g/mol. The first-order valence-electron chi connectivity index (χ1n) is 8.78. The first-order chi connectivity index (χ1) is 13.6. The summed E-state index contributed by atoms with van der Waals surface area (Å²) < 4.78 is 6.74. The van der Waals surface area contributed by atoms with Gasteiger partial charge in [0.1, 0.15) is 17.5 Å². The minimum Gasteiger partial charge on any atom is -0.457 e. The van der Waals surface area contributed by atoms with Crippen molar-refractivity contribution < 1.29 is 9.53 Å². The maximum absolute atomic E-state index is 12.2. The summed E-state index contributed by atoms with van der Waals surface area (Å²) in [6.45, 7) is 1.78. The van der Waals surface area contributed by atoms with E-state index in [2.05, 4.69) is 31.8 Å². The SMILES string of the molecule is C[C@H](Nc1cccc(Br)c1)C(=O)N/N=C\c1cccc(Oc2ccccc2)c1. The van der Waals surface area contributed by atoms with E-state index in [4.69, 9.17) is 4.74 Å². The third-order valence-corrected chi connectivity index (χ3v) is 4.32. The molecule has 2 N–H and O–H groups in total. The number of nitrogens with one attached hydrogen (secondary N) is 2. The third kappa shape index (κ3) is 5.96.